The highest BCUT2D eigenvalue weighted by molar-refractivity contribution is 5.78. The Hall–Kier alpha value is -2.92. The zero-order chi connectivity index (χ0) is 19.5. The highest BCUT2D eigenvalue weighted by Gasteiger charge is 2.33. The minimum atomic E-state index is -0.727. The summed E-state index contributed by atoms with van der Waals surface area (Å²) in [5.74, 6) is -0.290. The molecule has 0 spiro atoms. The molecule has 0 saturated carbocycles. The number of methoxy groups -OCH3 is 1. The van der Waals surface area contributed by atoms with Gasteiger partial charge in [0.2, 0.25) is 0 Å². The average Bonchev–Trinajstić information content (AvgIpc) is 2.74. The molecule has 28 heavy (non-hydrogen) atoms. The predicted molar refractivity (Wildman–Crippen MR) is 109 cm³/mol. The predicted octanol–water partition coefficient (Wildman–Crippen LogP) is 4.13. The van der Waals surface area contributed by atoms with Crippen molar-refractivity contribution < 1.29 is 14.6 Å². The minimum Gasteiger partial charge on any atom is -0.496 e. The van der Waals surface area contributed by atoms with Gasteiger partial charge in [-0.3, -0.25) is 14.7 Å². The number of rotatable bonds is 5. The standard InChI is InChI=1S/C23H24N2O3/c1-28-21-11-5-3-9-18(21)22(25-14-6-8-17(15-25)23(26)27)20-13-12-16-7-2-4-10-19(16)24-20/h2-5,7,9-13,17,22H,6,8,14-15H2,1H3,(H,26,27). The Kier molecular flexibility index (Phi) is 5.26. The summed E-state index contributed by atoms with van der Waals surface area (Å²) in [7, 11) is 1.67. The maximum atomic E-state index is 11.6. The van der Waals surface area contributed by atoms with Crippen molar-refractivity contribution in [3.8, 4) is 5.75 Å². The number of nitrogens with zero attached hydrogens (tertiary/aromatic N) is 2. The molecule has 2 atom stereocenters. The van der Waals surface area contributed by atoms with Crippen LogP contribution >= 0.6 is 0 Å². The molecule has 4 rings (SSSR count). The lowest BCUT2D eigenvalue weighted by atomic mass is 9.92. The number of aliphatic carboxylic acids is 1. The number of carboxylic acids is 1. The van der Waals surface area contributed by atoms with E-state index in [0.717, 1.165) is 47.3 Å². The van der Waals surface area contributed by atoms with Crippen molar-refractivity contribution in [3.05, 3.63) is 71.9 Å². The number of aromatic nitrogens is 1. The van der Waals surface area contributed by atoms with Gasteiger partial charge in [-0.2, -0.15) is 0 Å². The van der Waals surface area contributed by atoms with E-state index in [0.29, 0.717) is 6.54 Å². The van der Waals surface area contributed by atoms with Crippen LogP contribution in [0.5, 0.6) is 5.75 Å². The van der Waals surface area contributed by atoms with Crippen LogP contribution < -0.4 is 4.74 Å². The summed E-state index contributed by atoms with van der Waals surface area (Å²) in [5.41, 5.74) is 2.86. The Bertz CT molecular complexity index is 988. The fourth-order valence-electron chi connectivity index (χ4n) is 4.11. The van der Waals surface area contributed by atoms with Gasteiger partial charge in [0.1, 0.15) is 5.75 Å². The van der Waals surface area contributed by atoms with Crippen molar-refractivity contribution in [2.45, 2.75) is 18.9 Å². The number of hydrogen-bond donors (Lipinski definition) is 1. The van der Waals surface area contributed by atoms with Gasteiger partial charge in [0, 0.05) is 17.5 Å². The first-order chi connectivity index (χ1) is 13.7. The number of carbonyl (C=O) groups is 1. The van der Waals surface area contributed by atoms with E-state index in [-0.39, 0.29) is 12.0 Å². The van der Waals surface area contributed by atoms with Crippen LogP contribution in [0.1, 0.15) is 30.1 Å². The number of hydrogen-bond acceptors (Lipinski definition) is 4. The van der Waals surface area contributed by atoms with Gasteiger partial charge in [-0.25, -0.2) is 0 Å². The third kappa shape index (κ3) is 3.58. The number of para-hydroxylation sites is 2. The Morgan fingerprint density at radius 2 is 1.93 bits per heavy atom. The molecule has 2 aromatic carbocycles. The van der Waals surface area contributed by atoms with Gasteiger partial charge < -0.3 is 9.84 Å². The van der Waals surface area contributed by atoms with Gasteiger partial charge in [0.25, 0.3) is 0 Å². The number of piperidine rings is 1. The van der Waals surface area contributed by atoms with Crippen molar-refractivity contribution >= 4 is 16.9 Å². The molecule has 0 bridgehead atoms. The summed E-state index contributed by atoms with van der Waals surface area (Å²) in [6.07, 6.45) is 1.58. The van der Waals surface area contributed by atoms with Crippen molar-refractivity contribution in [2.75, 3.05) is 20.2 Å². The fourth-order valence-corrected chi connectivity index (χ4v) is 4.11. The molecule has 5 nitrogen and oxygen atoms in total. The molecule has 2 heterocycles. The van der Waals surface area contributed by atoms with Crippen molar-refractivity contribution in [3.63, 3.8) is 0 Å². The number of benzene rings is 2. The average molecular weight is 376 g/mol. The second-order valence-electron chi connectivity index (χ2n) is 7.25. The molecule has 0 radical (unpaired) electrons. The van der Waals surface area contributed by atoms with E-state index < -0.39 is 5.97 Å². The molecular formula is C23H24N2O3. The lowest BCUT2D eigenvalue weighted by molar-refractivity contribution is -0.143. The summed E-state index contributed by atoms with van der Waals surface area (Å²) in [4.78, 5) is 18.8. The van der Waals surface area contributed by atoms with Crippen LogP contribution in [0.3, 0.4) is 0 Å². The van der Waals surface area contributed by atoms with Crippen molar-refractivity contribution in [1.82, 2.24) is 9.88 Å². The maximum Gasteiger partial charge on any atom is 0.307 e. The molecule has 2 unspecified atom stereocenters. The maximum absolute atomic E-state index is 11.6. The topological polar surface area (TPSA) is 62.7 Å². The third-order valence-corrected chi connectivity index (χ3v) is 5.50. The molecule has 144 valence electrons. The zero-order valence-electron chi connectivity index (χ0n) is 15.9. The number of likely N-dealkylation sites (tertiary alicyclic amines) is 1. The van der Waals surface area contributed by atoms with E-state index in [4.69, 9.17) is 9.72 Å². The summed E-state index contributed by atoms with van der Waals surface area (Å²) in [6.45, 7) is 1.34. The van der Waals surface area contributed by atoms with Gasteiger partial charge in [-0.15, -0.1) is 0 Å². The fraction of sp³-hybridized carbons (Fsp3) is 0.304. The first kappa shape index (κ1) is 18.4. The Morgan fingerprint density at radius 1 is 1.14 bits per heavy atom. The molecule has 1 aliphatic rings. The second-order valence-corrected chi connectivity index (χ2v) is 7.25. The van der Waals surface area contributed by atoms with Gasteiger partial charge in [-0.1, -0.05) is 42.5 Å². The van der Waals surface area contributed by atoms with Gasteiger partial charge in [-0.05, 0) is 37.6 Å². The molecule has 1 fully saturated rings. The normalized spacial score (nSPS) is 18.7. The van der Waals surface area contributed by atoms with Crippen LogP contribution in [0.25, 0.3) is 10.9 Å². The number of pyridine rings is 1. The van der Waals surface area contributed by atoms with Gasteiger partial charge in [0.05, 0.1) is 30.3 Å². The molecular weight excluding hydrogens is 352 g/mol. The Labute approximate surface area is 164 Å². The molecule has 1 aromatic heterocycles. The van der Waals surface area contributed by atoms with Crippen molar-refractivity contribution in [1.29, 1.82) is 0 Å². The number of carboxylic acid groups (broad SMARTS) is 1. The van der Waals surface area contributed by atoms with Crippen LogP contribution in [0, 0.1) is 5.92 Å². The van der Waals surface area contributed by atoms with Gasteiger partial charge in [0.15, 0.2) is 0 Å². The van der Waals surface area contributed by atoms with E-state index in [1.165, 1.54) is 0 Å². The van der Waals surface area contributed by atoms with E-state index in [1.54, 1.807) is 7.11 Å². The number of fused-ring (bicyclic) bond motifs is 1. The third-order valence-electron chi connectivity index (χ3n) is 5.50. The zero-order valence-corrected chi connectivity index (χ0v) is 15.9. The van der Waals surface area contributed by atoms with E-state index in [9.17, 15) is 9.90 Å². The highest BCUT2D eigenvalue weighted by atomic mass is 16.5. The highest BCUT2D eigenvalue weighted by Crippen LogP contribution is 2.36. The van der Waals surface area contributed by atoms with Crippen LogP contribution in [0.2, 0.25) is 0 Å². The van der Waals surface area contributed by atoms with E-state index in [1.807, 2.05) is 54.6 Å². The Morgan fingerprint density at radius 3 is 2.75 bits per heavy atom. The Balaban J connectivity index is 1.81. The van der Waals surface area contributed by atoms with Crippen LogP contribution in [-0.2, 0) is 4.79 Å². The van der Waals surface area contributed by atoms with Crippen LogP contribution in [-0.4, -0.2) is 41.2 Å². The minimum absolute atomic E-state index is 0.150. The van der Waals surface area contributed by atoms with E-state index in [2.05, 4.69) is 11.0 Å². The lowest BCUT2D eigenvalue weighted by Crippen LogP contribution is -2.41. The first-order valence-corrected chi connectivity index (χ1v) is 9.63. The lowest BCUT2D eigenvalue weighted by Gasteiger charge is -2.37. The monoisotopic (exact) mass is 376 g/mol. The summed E-state index contributed by atoms with van der Waals surface area (Å²) >= 11 is 0. The summed E-state index contributed by atoms with van der Waals surface area (Å²) in [5, 5.41) is 10.6. The van der Waals surface area contributed by atoms with Crippen LogP contribution in [0.4, 0.5) is 0 Å². The molecule has 1 aliphatic heterocycles. The second kappa shape index (κ2) is 7.98. The largest absolute Gasteiger partial charge is 0.496 e. The molecule has 3 aromatic rings. The number of ether oxygens (including phenoxy) is 1. The summed E-state index contributed by atoms with van der Waals surface area (Å²) in [6, 6.07) is 20.0. The smallest absolute Gasteiger partial charge is 0.307 e. The van der Waals surface area contributed by atoms with Crippen LogP contribution in [0.15, 0.2) is 60.7 Å². The molecule has 5 heteroatoms. The van der Waals surface area contributed by atoms with Gasteiger partial charge >= 0.3 is 5.97 Å². The van der Waals surface area contributed by atoms with E-state index >= 15 is 0 Å². The molecule has 1 saturated heterocycles. The molecule has 0 aliphatic carbocycles. The molecule has 0 amide bonds. The quantitative estimate of drug-likeness (QED) is 0.725. The SMILES string of the molecule is COc1ccccc1C(c1ccc2ccccc2n1)N1CCCC(C(=O)O)C1. The van der Waals surface area contributed by atoms with Crippen molar-refractivity contribution in [2.24, 2.45) is 5.92 Å². The summed E-state index contributed by atoms with van der Waals surface area (Å²) < 4.78 is 5.63. The first-order valence-electron chi connectivity index (χ1n) is 9.63. The molecule has 1 N–H and O–H groups in total.